The summed E-state index contributed by atoms with van der Waals surface area (Å²) in [5.74, 6) is -1.01. The van der Waals surface area contributed by atoms with E-state index in [0.29, 0.717) is 11.5 Å². The predicted octanol–water partition coefficient (Wildman–Crippen LogP) is 5.10. The predicted molar refractivity (Wildman–Crippen MR) is 124 cm³/mol. The molecular formula is C23H17Cl2F5N2O3S. The lowest BCUT2D eigenvalue weighted by Crippen LogP contribution is -2.62. The van der Waals surface area contributed by atoms with Gasteiger partial charge in [0.25, 0.3) is 5.60 Å². The summed E-state index contributed by atoms with van der Waals surface area (Å²) < 4.78 is 82.8. The van der Waals surface area contributed by atoms with Gasteiger partial charge < -0.3 is 9.74 Å². The maximum atomic E-state index is 15.3. The molecule has 5 rings (SSSR count). The third kappa shape index (κ3) is 4.09. The van der Waals surface area contributed by atoms with Crippen molar-refractivity contribution in [2.45, 2.75) is 23.9 Å². The quantitative estimate of drug-likeness (QED) is 0.382. The highest BCUT2D eigenvalue weighted by molar-refractivity contribution is 7.86. The van der Waals surface area contributed by atoms with Gasteiger partial charge in [0.05, 0.1) is 34.8 Å². The molecule has 0 spiro atoms. The van der Waals surface area contributed by atoms with E-state index in [1.165, 1.54) is 29.2 Å². The van der Waals surface area contributed by atoms with Gasteiger partial charge in [-0.15, -0.1) is 0 Å². The minimum absolute atomic E-state index is 0.0493. The zero-order valence-corrected chi connectivity index (χ0v) is 20.6. The fourth-order valence-corrected chi connectivity index (χ4v) is 6.08. The molecule has 0 N–H and O–H groups in total. The van der Waals surface area contributed by atoms with E-state index in [-0.39, 0.29) is 41.8 Å². The summed E-state index contributed by atoms with van der Waals surface area (Å²) >= 11 is 11.4. The fraction of sp³-hybridized carbons (Fsp3) is 0.391. The first-order valence-corrected chi connectivity index (χ1v) is 13.0. The number of amides is 1. The van der Waals surface area contributed by atoms with Crippen LogP contribution in [0.1, 0.15) is 23.1 Å². The Morgan fingerprint density at radius 3 is 2.19 bits per heavy atom. The van der Waals surface area contributed by atoms with Gasteiger partial charge >= 0.3 is 6.18 Å². The van der Waals surface area contributed by atoms with Gasteiger partial charge in [-0.3, -0.25) is 9.00 Å². The van der Waals surface area contributed by atoms with Crippen LogP contribution < -0.4 is 0 Å². The number of hydrogen-bond donors (Lipinski definition) is 0. The van der Waals surface area contributed by atoms with Crippen molar-refractivity contribution in [2.24, 2.45) is 11.1 Å². The number of nitrogens with zero attached hydrogens (tertiary/aromatic N) is 2. The summed E-state index contributed by atoms with van der Waals surface area (Å²) in [4.78, 5) is 18.6. The third-order valence-corrected chi connectivity index (χ3v) is 8.79. The Kier molecular flexibility index (Phi) is 6.12. The first kappa shape index (κ1) is 25.4. The van der Waals surface area contributed by atoms with Crippen molar-refractivity contribution >= 4 is 45.6 Å². The minimum Gasteiger partial charge on any atom is -0.374 e. The number of likely N-dealkylation sites (tertiary alicyclic amines) is 1. The molecule has 0 aromatic heterocycles. The second-order valence-electron chi connectivity index (χ2n) is 9.09. The second kappa shape index (κ2) is 8.66. The van der Waals surface area contributed by atoms with Crippen LogP contribution in [0, 0.1) is 11.7 Å². The summed E-state index contributed by atoms with van der Waals surface area (Å²) in [7, 11) is -0.986. The molecule has 0 radical (unpaired) electrons. The molecular weight excluding hydrogens is 550 g/mol. The zero-order valence-electron chi connectivity index (χ0n) is 18.3. The van der Waals surface area contributed by atoms with Crippen LogP contribution in [-0.4, -0.2) is 51.5 Å². The van der Waals surface area contributed by atoms with Gasteiger partial charge in [-0.05, 0) is 23.3 Å². The monoisotopic (exact) mass is 566 g/mol. The molecule has 3 aliphatic heterocycles. The van der Waals surface area contributed by atoms with Crippen LogP contribution in [0.3, 0.4) is 0 Å². The zero-order chi connectivity index (χ0) is 26.0. The van der Waals surface area contributed by atoms with Crippen LogP contribution in [-0.2, 0) is 31.7 Å². The fourth-order valence-electron chi connectivity index (χ4n) is 4.51. The maximum Gasteiger partial charge on any atom is 0.435 e. The van der Waals surface area contributed by atoms with Crippen LogP contribution >= 0.6 is 23.2 Å². The number of alkyl halides is 4. The third-order valence-electron chi connectivity index (χ3n) is 6.69. The Hall–Kier alpha value is -2.24. The molecule has 2 aromatic carbocycles. The normalized spacial score (nSPS) is 27.1. The summed E-state index contributed by atoms with van der Waals surface area (Å²) in [6, 6.07) is 7.31. The molecule has 1 atom stereocenters. The molecule has 0 aliphatic carbocycles. The average Bonchev–Trinajstić information content (AvgIpc) is 3.25. The van der Waals surface area contributed by atoms with Crippen LogP contribution in [0.15, 0.2) is 41.6 Å². The first-order chi connectivity index (χ1) is 16.8. The topological polar surface area (TPSA) is 59.0 Å². The lowest BCUT2D eigenvalue weighted by molar-refractivity contribution is -0.275. The molecule has 5 nitrogen and oxygen atoms in total. The Morgan fingerprint density at radius 1 is 1.08 bits per heavy atom. The largest absolute Gasteiger partial charge is 0.435 e. The number of carbonyl (C=O) groups is 1. The molecule has 0 bridgehead atoms. The van der Waals surface area contributed by atoms with Gasteiger partial charge in [0.2, 0.25) is 5.91 Å². The van der Waals surface area contributed by atoms with Gasteiger partial charge in [0.15, 0.2) is 11.5 Å². The Bertz CT molecular complexity index is 1270. The number of hydrogen-bond acceptors (Lipinski definition) is 4. The van der Waals surface area contributed by atoms with Crippen LogP contribution in [0.4, 0.5) is 22.0 Å². The molecule has 1 unspecified atom stereocenters. The van der Waals surface area contributed by atoms with Crippen molar-refractivity contribution in [3.63, 3.8) is 0 Å². The van der Waals surface area contributed by atoms with Gasteiger partial charge in [0, 0.05) is 34.3 Å². The number of halogens is 7. The molecule has 0 saturated carbocycles. The number of rotatable bonds is 4. The minimum atomic E-state index is -4.94. The smallest absolute Gasteiger partial charge is 0.374 e. The maximum absolute atomic E-state index is 15.3. The summed E-state index contributed by atoms with van der Waals surface area (Å²) in [6.45, 7) is -0.302. The average molecular weight is 567 g/mol. The Morgan fingerprint density at radius 2 is 1.67 bits per heavy atom. The molecule has 1 amide bonds. The summed E-state index contributed by atoms with van der Waals surface area (Å²) in [5, 5.41) is 2.45. The molecule has 36 heavy (non-hydrogen) atoms. The summed E-state index contributed by atoms with van der Waals surface area (Å²) in [5.41, 5.74) is -4.72. The van der Waals surface area contributed by atoms with E-state index < -0.39 is 56.1 Å². The standard InChI is InChI=1S/C23H17Cl2F5N2O3S/c24-16-5-15(6-17(25)19(16)26)22(23(28,29)30)7-18(31-35-22)12-1-3-14(4-2-12)21(27)10-32(11-21)20(33)13-8-36(34)9-13/h1-6,13H,7-11H2. The van der Waals surface area contributed by atoms with E-state index in [4.69, 9.17) is 28.0 Å². The van der Waals surface area contributed by atoms with Crippen molar-refractivity contribution < 1.29 is 35.8 Å². The Balaban J connectivity index is 1.32. The van der Waals surface area contributed by atoms with E-state index in [1.54, 1.807) is 0 Å². The van der Waals surface area contributed by atoms with Crippen LogP contribution in [0.25, 0.3) is 0 Å². The Labute approximate surface area is 214 Å². The van der Waals surface area contributed by atoms with Crippen molar-refractivity contribution in [3.8, 4) is 0 Å². The second-order valence-corrected chi connectivity index (χ2v) is 11.5. The van der Waals surface area contributed by atoms with Crippen LogP contribution in [0.5, 0.6) is 0 Å². The molecule has 192 valence electrons. The van der Waals surface area contributed by atoms with E-state index in [0.717, 1.165) is 12.1 Å². The molecule has 13 heteroatoms. The summed E-state index contributed by atoms with van der Waals surface area (Å²) in [6.07, 6.45) is -5.68. The molecule has 2 fully saturated rings. The van der Waals surface area contributed by atoms with Crippen molar-refractivity contribution in [1.29, 1.82) is 0 Å². The van der Waals surface area contributed by atoms with E-state index >= 15 is 4.39 Å². The first-order valence-electron chi connectivity index (χ1n) is 10.7. The van der Waals surface area contributed by atoms with E-state index in [9.17, 15) is 26.6 Å². The number of benzene rings is 2. The lowest BCUT2D eigenvalue weighted by Gasteiger charge is -2.46. The SMILES string of the molecule is O=C(C1CS(=O)C1)N1CC(F)(c2ccc(C3=NOC(c4cc(Cl)c(F)c(Cl)c4)(C(F)(F)F)C3)cc2)C1. The molecule has 3 aliphatic rings. The molecule has 2 aromatic rings. The van der Waals surface area contributed by atoms with Gasteiger partial charge in [-0.25, -0.2) is 8.78 Å². The number of carbonyl (C=O) groups excluding carboxylic acids is 1. The van der Waals surface area contributed by atoms with Gasteiger partial charge in [-0.1, -0.05) is 52.6 Å². The van der Waals surface area contributed by atoms with Crippen molar-refractivity contribution in [1.82, 2.24) is 4.90 Å². The van der Waals surface area contributed by atoms with Crippen LogP contribution in [0.2, 0.25) is 10.0 Å². The highest BCUT2D eigenvalue weighted by atomic mass is 35.5. The lowest BCUT2D eigenvalue weighted by atomic mass is 9.84. The molecule has 3 heterocycles. The van der Waals surface area contributed by atoms with Gasteiger partial charge in [0.1, 0.15) is 0 Å². The van der Waals surface area contributed by atoms with E-state index in [1.807, 2.05) is 0 Å². The van der Waals surface area contributed by atoms with Crippen molar-refractivity contribution in [3.05, 3.63) is 69.0 Å². The molecule has 2 saturated heterocycles. The van der Waals surface area contributed by atoms with Gasteiger partial charge in [-0.2, -0.15) is 13.2 Å². The highest BCUT2D eigenvalue weighted by Gasteiger charge is 2.62. The number of oxime groups is 1. The van der Waals surface area contributed by atoms with E-state index in [2.05, 4.69) is 5.16 Å². The highest BCUT2D eigenvalue weighted by Crippen LogP contribution is 2.50. The van der Waals surface area contributed by atoms with Crippen molar-refractivity contribution in [2.75, 3.05) is 24.6 Å².